The molecular weight excluding hydrogens is 382 g/mol. The number of aryl methyl sites for hydroxylation is 1. The molecule has 2 amide bonds. The molecule has 0 aliphatic heterocycles. The lowest BCUT2D eigenvalue weighted by Crippen LogP contribution is -2.43. The van der Waals surface area contributed by atoms with Gasteiger partial charge in [0.15, 0.2) is 0 Å². The molecule has 1 aliphatic carbocycles. The minimum absolute atomic E-state index is 0.0867. The SMILES string of the molecule is O=C(NCc1ccccc1)N(c1ccc(F)cc1F)C1CCCCc2ccccc21. The molecule has 30 heavy (non-hydrogen) atoms. The molecular formula is C25H24F2N2O. The first-order valence-corrected chi connectivity index (χ1v) is 10.3. The van der Waals surface area contributed by atoms with Crippen molar-refractivity contribution in [3.8, 4) is 0 Å². The van der Waals surface area contributed by atoms with Gasteiger partial charge in [0.1, 0.15) is 11.6 Å². The molecule has 0 saturated heterocycles. The number of hydrogen-bond donors (Lipinski definition) is 1. The van der Waals surface area contributed by atoms with Crippen LogP contribution in [0.3, 0.4) is 0 Å². The summed E-state index contributed by atoms with van der Waals surface area (Å²) in [5.74, 6) is -1.41. The maximum absolute atomic E-state index is 14.8. The van der Waals surface area contributed by atoms with Crippen molar-refractivity contribution in [1.82, 2.24) is 5.32 Å². The molecule has 3 nitrogen and oxygen atoms in total. The molecule has 1 aliphatic rings. The van der Waals surface area contributed by atoms with E-state index in [0.29, 0.717) is 13.0 Å². The van der Waals surface area contributed by atoms with Gasteiger partial charge in [-0.15, -0.1) is 0 Å². The maximum atomic E-state index is 14.8. The van der Waals surface area contributed by atoms with Crippen molar-refractivity contribution in [2.75, 3.05) is 4.90 Å². The van der Waals surface area contributed by atoms with Crippen LogP contribution in [0.4, 0.5) is 19.3 Å². The summed E-state index contributed by atoms with van der Waals surface area (Å²) in [5.41, 5.74) is 3.23. The first-order chi connectivity index (χ1) is 14.6. The van der Waals surface area contributed by atoms with Crippen LogP contribution in [0, 0.1) is 11.6 Å². The summed E-state index contributed by atoms with van der Waals surface area (Å²) < 4.78 is 28.4. The Hall–Kier alpha value is -3.21. The third-order valence-electron chi connectivity index (χ3n) is 5.57. The van der Waals surface area contributed by atoms with E-state index in [0.717, 1.165) is 36.5 Å². The molecule has 0 spiro atoms. The summed E-state index contributed by atoms with van der Waals surface area (Å²) in [5, 5.41) is 2.91. The highest BCUT2D eigenvalue weighted by Gasteiger charge is 2.31. The molecule has 1 unspecified atom stereocenters. The van der Waals surface area contributed by atoms with E-state index in [1.807, 2.05) is 48.5 Å². The van der Waals surface area contributed by atoms with Gasteiger partial charge in [-0.05, 0) is 48.1 Å². The molecule has 0 fully saturated rings. The molecule has 0 aromatic heterocycles. The summed E-state index contributed by atoms with van der Waals surface area (Å²) >= 11 is 0. The maximum Gasteiger partial charge on any atom is 0.322 e. The van der Waals surface area contributed by atoms with E-state index in [1.165, 1.54) is 22.6 Å². The number of amides is 2. The first-order valence-electron chi connectivity index (χ1n) is 10.3. The minimum atomic E-state index is -0.744. The largest absolute Gasteiger partial charge is 0.334 e. The van der Waals surface area contributed by atoms with Crippen LogP contribution < -0.4 is 10.2 Å². The molecule has 154 valence electrons. The Kier molecular flexibility index (Phi) is 6.07. The van der Waals surface area contributed by atoms with Crippen molar-refractivity contribution >= 4 is 11.7 Å². The lowest BCUT2D eigenvalue weighted by atomic mass is 9.97. The predicted molar refractivity (Wildman–Crippen MR) is 114 cm³/mol. The first kappa shape index (κ1) is 20.1. The van der Waals surface area contributed by atoms with E-state index in [-0.39, 0.29) is 11.7 Å². The van der Waals surface area contributed by atoms with Crippen LogP contribution in [0.15, 0.2) is 72.8 Å². The molecule has 0 heterocycles. The predicted octanol–water partition coefficient (Wildman–Crippen LogP) is 6.15. The summed E-state index contributed by atoms with van der Waals surface area (Å²) in [6, 6.07) is 20.2. The molecule has 1 N–H and O–H groups in total. The zero-order valence-corrected chi connectivity index (χ0v) is 16.7. The van der Waals surface area contributed by atoms with Crippen molar-refractivity contribution in [3.63, 3.8) is 0 Å². The Morgan fingerprint density at radius 2 is 1.73 bits per heavy atom. The number of urea groups is 1. The van der Waals surface area contributed by atoms with Crippen molar-refractivity contribution in [1.29, 1.82) is 0 Å². The smallest absolute Gasteiger partial charge is 0.322 e. The summed E-state index contributed by atoms with van der Waals surface area (Å²) in [4.78, 5) is 14.8. The molecule has 4 rings (SSSR count). The van der Waals surface area contributed by atoms with Gasteiger partial charge in [-0.1, -0.05) is 61.0 Å². The molecule has 1 atom stereocenters. The van der Waals surface area contributed by atoms with Crippen molar-refractivity contribution < 1.29 is 13.6 Å². The highest BCUT2D eigenvalue weighted by Crippen LogP contribution is 2.37. The lowest BCUT2D eigenvalue weighted by molar-refractivity contribution is 0.242. The van der Waals surface area contributed by atoms with Gasteiger partial charge in [0.05, 0.1) is 11.7 Å². The van der Waals surface area contributed by atoms with E-state index in [4.69, 9.17) is 0 Å². The van der Waals surface area contributed by atoms with Crippen molar-refractivity contribution in [2.45, 2.75) is 38.3 Å². The third kappa shape index (κ3) is 4.35. The normalized spacial score (nSPS) is 15.7. The number of carbonyl (C=O) groups is 1. The monoisotopic (exact) mass is 406 g/mol. The van der Waals surface area contributed by atoms with E-state index < -0.39 is 17.7 Å². The second-order valence-corrected chi connectivity index (χ2v) is 7.57. The number of carbonyl (C=O) groups excluding carboxylic acids is 1. The van der Waals surface area contributed by atoms with Crippen LogP contribution in [0.5, 0.6) is 0 Å². The highest BCUT2D eigenvalue weighted by molar-refractivity contribution is 5.93. The number of halogens is 2. The summed E-state index contributed by atoms with van der Waals surface area (Å²) in [6.07, 6.45) is 3.58. The van der Waals surface area contributed by atoms with E-state index in [9.17, 15) is 13.6 Å². The molecule has 5 heteroatoms. The van der Waals surface area contributed by atoms with Gasteiger partial charge in [0, 0.05) is 12.6 Å². The Balaban J connectivity index is 1.71. The molecule has 3 aromatic rings. The second kappa shape index (κ2) is 9.08. The van der Waals surface area contributed by atoms with Crippen molar-refractivity contribution in [2.24, 2.45) is 0 Å². The van der Waals surface area contributed by atoms with Gasteiger partial charge in [0.2, 0.25) is 0 Å². The van der Waals surface area contributed by atoms with Crippen LogP contribution in [-0.2, 0) is 13.0 Å². The number of anilines is 1. The Morgan fingerprint density at radius 1 is 0.967 bits per heavy atom. The average Bonchev–Trinajstić information content (AvgIpc) is 2.97. The molecule has 3 aromatic carbocycles. The standard InChI is InChI=1S/C25H24F2N2O/c26-20-14-15-24(22(27)16-20)29(25(30)28-17-18-8-2-1-3-9-18)23-13-7-5-11-19-10-4-6-12-21(19)23/h1-4,6,8-10,12,14-16,23H,5,7,11,13,17H2,(H,28,30). The lowest BCUT2D eigenvalue weighted by Gasteiger charge is -2.33. The Morgan fingerprint density at radius 3 is 2.53 bits per heavy atom. The molecule has 0 radical (unpaired) electrons. The number of nitrogens with one attached hydrogen (secondary N) is 1. The fourth-order valence-corrected chi connectivity index (χ4v) is 4.12. The van der Waals surface area contributed by atoms with E-state index in [1.54, 1.807) is 0 Å². The summed E-state index contributed by atoms with van der Waals surface area (Å²) in [7, 11) is 0. The van der Waals surface area contributed by atoms with Crippen molar-refractivity contribution in [3.05, 3.63) is 101 Å². The summed E-state index contributed by atoms with van der Waals surface area (Å²) in [6.45, 7) is 0.327. The van der Waals surface area contributed by atoms with Gasteiger partial charge < -0.3 is 5.32 Å². The zero-order chi connectivity index (χ0) is 20.9. The Bertz CT molecular complexity index is 1020. The topological polar surface area (TPSA) is 32.3 Å². The van der Waals surface area contributed by atoms with Crippen LogP contribution in [0.1, 0.15) is 42.0 Å². The van der Waals surface area contributed by atoms with Gasteiger partial charge in [0.25, 0.3) is 0 Å². The van der Waals surface area contributed by atoms with Crippen LogP contribution in [-0.4, -0.2) is 6.03 Å². The van der Waals surface area contributed by atoms with Gasteiger partial charge in [-0.3, -0.25) is 4.90 Å². The third-order valence-corrected chi connectivity index (χ3v) is 5.57. The molecule has 0 saturated carbocycles. The van der Waals surface area contributed by atoms with Crippen LogP contribution >= 0.6 is 0 Å². The Labute approximate surface area is 175 Å². The number of fused-ring (bicyclic) bond motifs is 1. The number of hydrogen-bond acceptors (Lipinski definition) is 1. The van der Waals surface area contributed by atoms with E-state index >= 15 is 0 Å². The fraction of sp³-hybridized carbons (Fsp3) is 0.240. The molecule has 0 bridgehead atoms. The number of rotatable bonds is 4. The number of benzene rings is 3. The average molecular weight is 406 g/mol. The van der Waals surface area contributed by atoms with Gasteiger partial charge in [-0.25, -0.2) is 13.6 Å². The second-order valence-electron chi connectivity index (χ2n) is 7.57. The van der Waals surface area contributed by atoms with Crippen LogP contribution in [0.25, 0.3) is 0 Å². The quantitative estimate of drug-likeness (QED) is 0.518. The number of nitrogens with zero attached hydrogens (tertiary/aromatic N) is 1. The fourth-order valence-electron chi connectivity index (χ4n) is 4.12. The minimum Gasteiger partial charge on any atom is -0.334 e. The van der Waals surface area contributed by atoms with E-state index in [2.05, 4.69) is 11.4 Å². The highest BCUT2D eigenvalue weighted by atomic mass is 19.1. The van der Waals surface area contributed by atoms with Gasteiger partial charge in [-0.2, -0.15) is 0 Å². The van der Waals surface area contributed by atoms with Gasteiger partial charge >= 0.3 is 6.03 Å². The zero-order valence-electron chi connectivity index (χ0n) is 16.7. The van der Waals surface area contributed by atoms with Crippen LogP contribution in [0.2, 0.25) is 0 Å².